The van der Waals surface area contributed by atoms with Crippen molar-refractivity contribution in [2.45, 2.75) is 39.0 Å². The molecule has 2 N–H and O–H groups in total. The van der Waals surface area contributed by atoms with E-state index in [0.717, 1.165) is 10.7 Å². The summed E-state index contributed by atoms with van der Waals surface area (Å²) in [6.45, 7) is 7.19. The van der Waals surface area contributed by atoms with E-state index in [1.807, 2.05) is 26.2 Å². The van der Waals surface area contributed by atoms with Gasteiger partial charge >= 0.3 is 0 Å². The number of morpholine rings is 1. The molecule has 0 radical (unpaired) electrons. The van der Waals surface area contributed by atoms with Gasteiger partial charge in [-0.1, -0.05) is 0 Å². The van der Waals surface area contributed by atoms with E-state index in [4.69, 9.17) is 4.74 Å². The fourth-order valence-corrected chi connectivity index (χ4v) is 2.77. The Bertz CT molecular complexity index is 421. The molecule has 1 aliphatic heterocycles. The minimum Gasteiger partial charge on any atom is -0.375 e. The Morgan fingerprint density at radius 2 is 2.50 bits per heavy atom. The van der Waals surface area contributed by atoms with E-state index in [2.05, 4.69) is 15.6 Å². The Balaban J connectivity index is 1.94. The Morgan fingerprint density at radius 1 is 1.72 bits per heavy atom. The molecular weight excluding hydrogens is 250 g/mol. The van der Waals surface area contributed by atoms with E-state index < -0.39 is 0 Å². The lowest BCUT2D eigenvalue weighted by Gasteiger charge is -2.30. The lowest BCUT2D eigenvalue weighted by atomic mass is 10.1. The summed E-state index contributed by atoms with van der Waals surface area (Å²) in [7, 11) is 0. The molecule has 6 heteroatoms. The van der Waals surface area contributed by atoms with Crippen LogP contribution in [-0.4, -0.2) is 36.2 Å². The van der Waals surface area contributed by atoms with Crippen molar-refractivity contribution in [1.29, 1.82) is 0 Å². The van der Waals surface area contributed by atoms with Crippen LogP contribution in [0, 0.1) is 6.92 Å². The molecular formula is C12H19N3O2S. The summed E-state index contributed by atoms with van der Waals surface area (Å²) in [4.78, 5) is 16.5. The summed E-state index contributed by atoms with van der Waals surface area (Å²) in [6, 6.07) is -0.339. The van der Waals surface area contributed by atoms with Crippen LogP contribution in [0.25, 0.3) is 0 Å². The molecule has 3 atom stereocenters. The summed E-state index contributed by atoms with van der Waals surface area (Å²) in [5.41, 5.74) is 0.989. The van der Waals surface area contributed by atoms with Crippen LogP contribution in [0.3, 0.4) is 0 Å². The first-order chi connectivity index (χ1) is 8.58. The number of thiazole rings is 1. The molecule has 1 aromatic heterocycles. The van der Waals surface area contributed by atoms with Gasteiger partial charge in [-0.2, -0.15) is 0 Å². The molecule has 18 heavy (non-hydrogen) atoms. The van der Waals surface area contributed by atoms with Crippen molar-refractivity contribution in [3.63, 3.8) is 0 Å². The van der Waals surface area contributed by atoms with Crippen LogP contribution in [-0.2, 0) is 9.53 Å². The monoisotopic (exact) mass is 269 g/mol. The Labute approximate surface area is 111 Å². The van der Waals surface area contributed by atoms with Crippen LogP contribution in [0.4, 0.5) is 0 Å². The van der Waals surface area contributed by atoms with E-state index in [0.29, 0.717) is 13.2 Å². The molecule has 2 heterocycles. The standard InChI is InChI=1S/C12H19N3O2S/c1-7-6-18-12(14-7)8(2)15-11(16)10-9(3)17-5-4-13-10/h6,8-10,13H,4-5H2,1-3H3,(H,15,16)/t8?,9-,10+/m1/s1. The van der Waals surface area contributed by atoms with E-state index in [9.17, 15) is 4.79 Å². The molecule has 100 valence electrons. The van der Waals surface area contributed by atoms with Gasteiger partial charge in [0.05, 0.1) is 18.8 Å². The molecule has 0 aliphatic carbocycles. The summed E-state index contributed by atoms with van der Waals surface area (Å²) in [6.07, 6.45) is -0.0935. The summed E-state index contributed by atoms with van der Waals surface area (Å²) in [5.74, 6) is -0.0254. The number of aryl methyl sites for hydroxylation is 1. The van der Waals surface area contributed by atoms with Gasteiger partial charge in [0.25, 0.3) is 0 Å². The zero-order chi connectivity index (χ0) is 13.1. The van der Waals surface area contributed by atoms with Gasteiger partial charge in [-0.3, -0.25) is 4.79 Å². The van der Waals surface area contributed by atoms with E-state index >= 15 is 0 Å². The van der Waals surface area contributed by atoms with Crippen molar-refractivity contribution < 1.29 is 9.53 Å². The minimum absolute atomic E-state index is 0.0254. The Hall–Kier alpha value is -0.980. The zero-order valence-corrected chi connectivity index (χ0v) is 11.7. The second kappa shape index (κ2) is 5.77. The van der Waals surface area contributed by atoms with Gasteiger partial charge in [-0.15, -0.1) is 11.3 Å². The quantitative estimate of drug-likeness (QED) is 0.859. The smallest absolute Gasteiger partial charge is 0.240 e. The average molecular weight is 269 g/mol. The molecule has 5 nitrogen and oxygen atoms in total. The van der Waals surface area contributed by atoms with Gasteiger partial charge < -0.3 is 15.4 Å². The third-order valence-electron chi connectivity index (χ3n) is 2.96. The molecule has 0 spiro atoms. The Morgan fingerprint density at radius 3 is 3.11 bits per heavy atom. The number of nitrogens with one attached hydrogen (secondary N) is 2. The highest BCUT2D eigenvalue weighted by atomic mass is 32.1. The molecule has 1 saturated heterocycles. The minimum atomic E-state index is -0.276. The van der Waals surface area contributed by atoms with Crippen LogP contribution in [0.5, 0.6) is 0 Å². The normalized spacial score (nSPS) is 25.7. The third-order valence-corrected chi connectivity index (χ3v) is 4.11. The van der Waals surface area contributed by atoms with Crippen molar-refractivity contribution in [2.24, 2.45) is 0 Å². The highest BCUT2D eigenvalue weighted by Gasteiger charge is 2.29. The first-order valence-corrected chi connectivity index (χ1v) is 7.03. The number of carbonyl (C=O) groups excluding carboxylic acids is 1. The summed E-state index contributed by atoms with van der Waals surface area (Å²) >= 11 is 1.57. The topological polar surface area (TPSA) is 63.2 Å². The predicted octanol–water partition coefficient (Wildman–Crippen LogP) is 1.01. The molecule has 1 aliphatic rings. The van der Waals surface area contributed by atoms with Crippen molar-refractivity contribution in [1.82, 2.24) is 15.6 Å². The van der Waals surface area contributed by atoms with Gasteiger partial charge in [0.15, 0.2) is 0 Å². The molecule has 1 unspecified atom stereocenters. The van der Waals surface area contributed by atoms with Crippen LogP contribution < -0.4 is 10.6 Å². The lowest BCUT2D eigenvalue weighted by molar-refractivity contribution is -0.129. The van der Waals surface area contributed by atoms with Crippen LogP contribution >= 0.6 is 11.3 Å². The van der Waals surface area contributed by atoms with Gasteiger partial charge in [0.2, 0.25) is 5.91 Å². The largest absolute Gasteiger partial charge is 0.375 e. The van der Waals surface area contributed by atoms with Crippen molar-refractivity contribution in [3.8, 4) is 0 Å². The molecule has 2 rings (SSSR count). The van der Waals surface area contributed by atoms with E-state index in [1.165, 1.54) is 0 Å². The van der Waals surface area contributed by atoms with Crippen LogP contribution in [0.2, 0.25) is 0 Å². The van der Waals surface area contributed by atoms with Gasteiger partial charge in [0.1, 0.15) is 11.0 Å². The van der Waals surface area contributed by atoms with Crippen LogP contribution in [0.1, 0.15) is 30.6 Å². The van der Waals surface area contributed by atoms with E-state index in [1.54, 1.807) is 11.3 Å². The van der Waals surface area contributed by atoms with Gasteiger partial charge in [-0.05, 0) is 20.8 Å². The maximum atomic E-state index is 12.1. The molecule has 1 aromatic rings. The summed E-state index contributed by atoms with van der Waals surface area (Å²) in [5, 5.41) is 9.08. The molecule has 0 aromatic carbocycles. The number of hydrogen-bond acceptors (Lipinski definition) is 5. The zero-order valence-electron chi connectivity index (χ0n) is 10.9. The molecule has 0 bridgehead atoms. The first-order valence-electron chi connectivity index (χ1n) is 6.15. The van der Waals surface area contributed by atoms with Gasteiger partial charge in [0, 0.05) is 17.6 Å². The van der Waals surface area contributed by atoms with E-state index in [-0.39, 0.29) is 24.1 Å². The van der Waals surface area contributed by atoms with Crippen molar-refractivity contribution in [2.75, 3.05) is 13.2 Å². The maximum Gasteiger partial charge on any atom is 0.240 e. The van der Waals surface area contributed by atoms with Crippen LogP contribution in [0.15, 0.2) is 5.38 Å². The second-order valence-corrected chi connectivity index (χ2v) is 5.45. The van der Waals surface area contributed by atoms with Gasteiger partial charge in [-0.25, -0.2) is 4.98 Å². The number of ether oxygens (including phenoxy) is 1. The Kier molecular flexibility index (Phi) is 4.31. The number of nitrogens with zero attached hydrogens (tertiary/aromatic N) is 1. The second-order valence-electron chi connectivity index (χ2n) is 4.57. The fraction of sp³-hybridized carbons (Fsp3) is 0.667. The maximum absolute atomic E-state index is 12.1. The highest BCUT2D eigenvalue weighted by Crippen LogP contribution is 2.17. The molecule has 1 amide bonds. The van der Waals surface area contributed by atoms with Crippen molar-refractivity contribution in [3.05, 3.63) is 16.1 Å². The number of aromatic nitrogens is 1. The first kappa shape index (κ1) is 13.5. The number of hydrogen-bond donors (Lipinski definition) is 2. The number of rotatable bonds is 3. The summed E-state index contributed by atoms with van der Waals surface area (Å²) < 4.78 is 5.47. The fourth-order valence-electron chi connectivity index (χ4n) is 1.96. The number of amides is 1. The molecule has 1 fully saturated rings. The highest BCUT2D eigenvalue weighted by molar-refractivity contribution is 7.09. The molecule has 0 saturated carbocycles. The lowest BCUT2D eigenvalue weighted by Crippen LogP contribution is -2.55. The predicted molar refractivity (Wildman–Crippen MR) is 70.6 cm³/mol. The van der Waals surface area contributed by atoms with Crippen molar-refractivity contribution >= 4 is 17.2 Å². The third kappa shape index (κ3) is 3.07. The number of carbonyl (C=O) groups is 1. The average Bonchev–Trinajstić information content (AvgIpc) is 2.76. The SMILES string of the molecule is Cc1csc(C(C)NC(=O)[C@H]2NCCO[C@@H]2C)n1.